The lowest BCUT2D eigenvalue weighted by atomic mass is 10.1. The quantitative estimate of drug-likeness (QED) is 0.780. The van der Waals surface area contributed by atoms with Crippen LogP contribution in [-0.4, -0.2) is 10.6 Å². The average molecular weight is 265 g/mol. The number of aromatic nitrogens is 1. The summed E-state index contributed by atoms with van der Waals surface area (Å²) in [6.07, 6.45) is 2.21. The maximum absolute atomic E-state index is 6.01. The van der Waals surface area contributed by atoms with Crippen molar-refractivity contribution in [1.29, 1.82) is 0 Å². The van der Waals surface area contributed by atoms with Gasteiger partial charge in [-0.05, 0) is 36.4 Å². The Kier molecular flexibility index (Phi) is 2.11. The second-order valence-corrected chi connectivity index (χ2v) is 5.16. The Morgan fingerprint density at radius 3 is 3.07 bits per heavy atom. The maximum Gasteiger partial charge on any atom is 0.0494 e. The van der Waals surface area contributed by atoms with Crippen molar-refractivity contribution in [3.63, 3.8) is 0 Å². The summed E-state index contributed by atoms with van der Waals surface area (Å²) in [5.74, 6) is 0. The van der Waals surface area contributed by atoms with Gasteiger partial charge in [-0.3, -0.25) is 0 Å². The van der Waals surface area contributed by atoms with Crippen LogP contribution in [0.25, 0.3) is 10.9 Å². The van der Waals surface area contributed by atoms with Gasteiger partial charge in [-0.1, -0.05) is 22.0 Å². The Hall–Kier alpha value is -0.800. The average Bonchev–Trinajstić information content (AvgIpc) is 2.56. The summed E-state index contributed by atoms with van der Waals surface area (Å²) < 4.78 is 3.49. The molecule has 2 N–H and O–H groups in total. The molecule has 3 rings (SSSR count). The summed E-state index contributed by atoms with van der Waals surface area (Å²) in [4.78, 5) is 0. The highest BCUT2D eigenvalue weighted by atomic mass is 79.9. The van der Waals surface area contributed by atoms with Crippen LogP contribution < -0.4 is 5.73 Å². The summed E-state index contributed by atoms with van der Waals surface area (Å²) in [6, 6.07) is 9.03. The Bertz CT molecular complexity index is 516. The molecule has 15 heavy (non-hydrogen) atoms. The van der Waals surface area contributed by atoms with Gasteiger partial charge in [-0.2, -0.15) is 0 Å². The van der Waals surface area contributed by atoms with E-state index in [0.717, 1.165) is 23.9 Å². The fourth-order valence-electron chi connectivity index (χ4n) is 2.37. The van der Waals surface area contributed by atoms with Crippen molar-refractivity contribution in [2.75, 3.05) is 0 Å². The normalized spacial score (nSPS) is 20.5. The highest BCUT2D eigenvalue weighted by molar-refractivity contribution is 9.10. The highest BCUT2D eigenvalue weighted by Crippen LogP contribution is 2.27. The summed E-state index contributed by atoms with van der Waals surface area (Å²) in [5.41, 5.74) is 8.73. The predicted octanol–water partition coefficient (Wildman–Crippen LogP) is 2.68. The summed E-state index contributed by atoms with van der Waals surface area (Å²) in [5, 5.41) is 1.32. The molecule has 0 spiro atoms. The smallest absolute Gasteiger partial charge is 0.0494 e. The van der Waals surface area contributed by atoms with Crippen LogP contribution >= 0.6 is 15.9 Å². The lowest BCUT2D eigenvalue weighted by molar-refractivity contribution is 0.470. The molecule has 2 aromatic rings. The first-order chi connectivity index (χ1) is 7.24. The van der Waals surface area contributed by atoms with E-state index in [4.69, 9.17) is 5.73 Å². The van der Waals surface area contributed by atoms with Crippen molar-refractivity contribution in [3.05, 3.63) is 34.4 Å². The van der Waals surface area contributed by atoms with Gasteiger partial charge in [0.15, 0.2) is 0 Å². The maximum atomic E-state index is 6.01. The number of aryl methyl sites for hydroxylation is 1. The molecule has 0 radical (unpaired) electrons. The van der Waals surface area contributed by atoms with Gasteiger partial charge in [-0.25, -0.2) is 0 Å². The van der Waals surface area contributed by atoms with E-state index in [2.05, 4.69) is 44.8 Å². The van der Waals surface area contributed by atoms with Crippen molar-refractivity contribution in [2.24, 2.45) is 5.73 Å². The number of hydrogen-bond acceptors (Lipinski definition) is 1. The molecule has 0 aliphatic carbocycles. The van der Waals surface area contributed by atoms with Crippen LogP contribution in [0.5, 0.6) is 0 Å². The van der Waals surface area contributed by atoms with E-state index in [1.165, 1.54) is 16.6 Å². The monoisotopic (exact) mass is 264 g/mol. The van der Waals surface area contributed by atoms with Crippen LogP contribution in [0.1, 0.15) is 12.1 Å². The van der Waals surface area contributed by atoms with Gasteiger partial charge in [0, 0.05) is 28.3 Å². The zero-order chi connectivity index (χ0) is 10.4. The molecule has 0 fully saturated rings. The van der Waals surface area contributed by atoms with Gasteiger partial charge in [-0.15, -0.1) is 0 Å². The Labute approximate surface area is 97.2 Å². The Balaban J connectivity index is 2.25. The van der Waals surface area contributed by atoms with Crippen molar-refractivity contribution in [3.8, 4) is 0 Å². The molecular formula is C12H13BrN2. The van der Waals surface area contributed by atoms with Crippen LogP contribution in [0, 0.1) is 0 Å². The standard InChI is InChI=1S/C12H13BrN2/c13-9-2-1-8-5-11-4-3-10(14)7-15(11)12(8)6-9/h1-2,5-6,10H,3-4,7,14H2. The van der Waals surface area contributed by atoms with Crippen LogP contribution in [0.15, 0.2) is 28.7 Å². The minimum atomic E-state index is 0.312. The number of fused-ring (bicyclic) bond motifs is 3. The van der Waals surface area contributed by atoms with Gasteiger partial charge >= 0.3 is 0 Å². The third kappa shape index (κ3) is 1.50. The molecule has 0 saturated carbocycles. The van der Waals surface area contributed by atoms with E-state index in [0.29, 0.717) is 6.04 Å². The largest absolute Gasteiger partial charge is 0.343 e. The molecule has 1 aliphatic heterocycles. The van der Waals surface area contributed by atoms with Crippen LogP contribution in [-0.2, 0) is 13.0 Å². The van der Waals surface area contributed by atoms with Gasteiger partial charge < -0.3 is 10.3 Å². The second kappa shape index (κ2) is 3.35. The number of nitrogens with two attached hydrogens (primary N) is 1. The number of rotatable bonds is 0. The first-order valence-electron chi connectivity index (χ1n) is 5.27. The first-order valence-corrected chi connectivity index (χ1v) is 6.06. The molecular weight excluding hydrogens is 252 g/mol. The number of nitrogens with zero attached hydrogens (tertiary/aromatic N) is 1. The topological polar surface area (TPSA) is 30.9 Å². The molecule has 1 aliphatic rings. The fraction of sp³-hybridized carbons (Fsp3) is 0.333. The second-order valence-electron chi connectivity index (χ2n) is 4.25. The zero-order valence-electron chi connectivity index (χ0n) is 8.41. The Morgan fingerprint density at radius 2 is 2.20 bits per heavy atom. The van der Waals surface area contributed by atoms with Crippen LogP contribution in [0.3, 0.4) is 0 Å². The number of hydrogen-bond donors (Lipinski definition) is 1. The van der Waals surface area contributed by atoms with E-state index in [1.807, 2.05) is 0 Å². The van der Waals surface area contributed by atoms with Gasteiger partial charge in [0.2, 0.25) is 0 Å². The number of halogens is 1. The number of benzene rings is 1. The summed E-state index contributed by atoms with van der Waals surface area (Å²) in [6.45, 7) is 0.954. The van der Waals surface area contributed by atoms with E-state index in [-0.39, 0.29) is 0 Å². The minimum absolute atomic E-state index is 0.312. The zero-order valence-corrected chi connectivity index (χ0v) is 10.00. The van der Waals surface area contributed by atoms with Crippen molar-refractivity contribution < 1.29 is 0 Å². The van der Waals surface area contributed by atoms with Gasteiger partial charge in [0.1, 0.15) is 0 Å². The van der Waals surface area contributed by atoms with E-state index < -0.39 is 0 Å². The molecule has 0 saturated heterocycles. The van der Waals surface area contributed by atoms with E-state index in [9.17, 15) is 0 Å². The van der Waals surface area contributed by atoms with E-state index >= 15 is 0 Å². The van der Waals surface area contributed by atoms with Gasteiger partial charge in [0.05, 0.1) is 0 Å². The van der Waals surface area contributed by atoms with Crippen LogP contribution in [0.4, 0.5) is 0 Å². The molecule has 2 heterocycles. The molecule has 1 aromatic carbocycles. The SMILES string of the molecule is NC1CCc2cc3ccc(Br)cc3n2C1. The molecule has 78 valence electrons. The van der Waals surface area contributed by atoms with Crippen molar-refractivity contribution in [1.82, 2.24) is 4.57 Å². The van der Waals surface area contributed by atoms with Crippen molar-refractivity contribution >= 4 is 26.8 Å². The Morgan fingerprint density at radius 1 is 1.33 bits per heavy atom. The minimum Gasteiger partial charge on any atom is -0.343 e. The molecule has 1 atom stereocenters. The third-order valence-corrected chi connectivity index (χ3v) is 3.63. The fourth-order valence-corrected chi connectivity index (χ4v) is 2.72. The summed E-state index contributed by atoms with van der Waals surface area (Å²) in [7, 11) is 0. The third-order valence-electron chi connectivity index (χ3n) is 3.14. The molecule has 1 aromatic heterocycles. The first kappa shape index (κ1) is 9.43. The lowest BCUT2D eigenvalue weighted by Gasteiger charge is -2.21. The highest BCUT2D eigenvalue weighted by Gasteiger charge is 2.17. The predicted molar refractivity (Wildman–Crippen MR) is 65.9 cm³/mol. The molecule has 0 amide bonds. The summed E-state index contributed by atoms with van der Waals surface area (Å²) >= 11 is 3.52. The molecule has 1 unspecified atom stereocenters. The molecule has 3 heteroatoms. The molecule has 2 nitrogen and oxygen atoms in total. The van der Waals surface area contributed by atoms with Gasteiger partial charge in [0.25, 0.3) is 0 Å². The van der Waals surface area contributed by atoms with Crippen LogP contribution in [0.2, 0.25) is 0 Å². The lowest BCUT2D eigenvalue weighted by Crippen LogP contribution is -2.31. The van der Waals surface area contributed by atoms with E-state index in [1.54, 1.807) is 0 Å². The van der Waals surface area contributed by atoms with Crippen molar-refractivity contribution in [2.45, 2.75) is 25.4 Å². The molecule has 0 bridgehead atoms.